The molecule has 0 radical (unpaired) electrons. The number of primary amides is 1. The van der Waals surface area contributed by atoms with Crippen molar-refractivity contribution in [3.8, 4) is 5.75 Å². The predicted molar refractivity (Wildman–Crippen MR) is 87.8 cm³/mol. The molecule has 0 bridgehead atoms. The van der Waals surface area contributed by atoms with Crippen LogP contribution >= 0.6 is 11.6 Å². The Kier molecular flexibility index (Phi) is 5.81. The Hall–Kier alpha value is -2.04. The third-order valence-electron chi connectivity index (χ3n) is 3.24. The van der Waals surface area contributed by atoms with E-state index in [1.165, 1.54) is 0 Å². The molecule has 0 heterocycles. The first-order valence-electron chi connectivity index (χ1n) is 7.10. The van der Waals surface area contributed by atoms with Crippen molar-refractivity contribution in [3.05, 3.63) is 64.7 Å². The summed E-state index contributed by atoms with van der Waals surface area (Å²) in [5.74, 6) is 0.289. The molecule has 116 valence electrons. The van der Waals surface area contributed by atoms with E-state index >= 15 is 0 Å². The maximum atomic E-state index is 11.7. The minimum absolute atomic E-state index is 0.418. The van der Waals surface area contributed by atoms with Gasteiger partial charge in [0.15, 0.2) is 0 Å². The molecule has 22 heavy (non-hydrogen) atoms. The van der Waals surface area contributed by atoms with Crippen LogP contribution in [0.25, 0.3) is 0 Å². The van der Waals surface area contributed by atoms with E-state index in [9.17, 15) is 4.79 Å². The van der Waals surface area contributed by atoms with Crippen molar-refractivity contribution >= 4 is 17.5 Å². The molecule has 0 aromatic heterocycles. The van der Waals surface area contributed by atoms with Crippen molar-refractivity contribution in [2.45, 2.75) is 19.5 Å². The normalized spacial score (nSPS) is 11.9. The monoisotopic (exact) mass is 318 g/mol. The van der Waals surface area contributed by atoms with Crippen LogP contribution in [0.4, 0.5) is 0 Å². The Morgan fingerprint density at radius 2 is 2.00 bits per heavy atom. The standard InChI is InChI=1S/C17H19ClN2O2/c1-2-22-15-10-14(18)9-8-13(15)11-20-16(17(19)21)12-6-4-3-5-7-12/h3-10,16,20H,2,11H2,1H3,(H2,19,21)/t16-/m1/s1. The third kappa shape index (κ3) is 4.23. The fraction of sp³-hybridized carbons (Fsp3) is 0.235. The number of ether oxygens (including phenoxy) is 1. The first-order chi connectivity index (χ1) is 10.6. The molecule has 2 aromatic rings. The maximum absolute atomic E-state index is 11.7. The molecule has 1 atom stereocenters. The second-order valence-corrected chi connectivity index (χ2v) is 5.25. The molecular formula is C17H19ClN2O2. The number of hydrogen-bond acceptors (Lipinski definition) is 3. The summed E-state index contributed by atoms with van der Waals surface area (Å²) in [6.07, 6.45) is 0. The Morgan fingerprint density at radius 3 is 2.64 bits per heavy atom. The number of nitrogens with two attached hydrogens (primary N) is 1. The van der Waals surface area contributed by atoms with Crippen molar-refractivity contribution in [2.24, 2.45) is 5.73 Å². The summed E-state index contributed by atoms with van der Waals surface area (Å²) in [5.41, 5.74) is 7.26. The van der Waals surface area contributed by atoms with Gasteiger partial charge >= 0.3 is 0 Å². The van der Waals surface area contributed by atoms with Crippen molar-refractivity contribution in [2.75, 3.05) is 6.61 Å². The number of carbonyl (C=O) groups is 1. The summed E-state index contributed by atoms with van der Waals surface area (Å²) in [4.78, 5) is 11.7. The molecule has 2 rings (SSSR count). The highest BCUT2D eigenvalue weighted by molar-refractivity contribution is 6.30. The number of hydrogen-bond donors (Lipinski definition) is 2. The van der Waals surface area contributed by atoms with E-state index in [4.69, 9.17) is 22.1 Å². The van der Waals surface area contributed by atoms with E-state index in [2.05, 4.69) is 5.32 Å². The van der Waals surface area contributed by atoms with Gasteiger partial charge in [-0.05, 0) is 24.6 Å². The Morgan fingerprint density at radius 1 is 1.27 bits per heavy atom. The van der Waals surface area contributed by atoms with E-state index in [-0.39, 0.29) is 0 Å². The van der Waals surface area contributed by atoms with Gasteiger partial charge in [-0.1, -0.05) is 48.0 Å². The molecule has 4 nitrogen and oxygen atoms in total. The number of nitrogens with one attached hydrogen (secondary N) is 1. The smallest absolute Gasteiger partial charge is 0.239 e. The van der Waals surface area contributed by atoms with Crippen molar-refractivity contribution in [1.29, 1.82) is 0 Å². The van der Waals surface area contributed by atoms with Crippen molar-refractivity contribution in [3.63, 3.8) is 0 Å². The molecule has 0 fully saturated rings. The van der Waals surface area contributed by atoms with Crippen LogP contribution in [0.15, 0.2) is 48.5 Å². The van der Waals surface area contributed by atoms with E-state index in [1.807, 2.05) is 43.3 Å². The first-order valence-corrected chi connectivity index (χ1v) is 7.48. The fourth-order valence-corrected chi connectivity index (χ4v) is 2.37. The summed E-state index contributed by atoms with van der Waals surface area (Å²) in [6, 6.07) is 14.3. The molecule has 1 amide bonds. The van der Waals surface area contributed by atoms with E-state index in [0.717, 1.165) is 11.1 Å². The number of amides is 1. The molecule has 0 saturated heterocycles. The number of halogens is 1. The number of rotatable bonds is 7. The van der Waals surface area contributed by atoms with Gasteiger partial charge in [-0.2, -0.15) is 0 Å². The molecule has 0 aliphatic carbocycles. The molecule has 5 heteroatoms. The zero-order chi connectivity index (χ0) is 15.9. The maximum Gasteiger partial charge on any atom is 0.239 e. The SMILES string of the molecule is CCOc1cc(Cl)ccc1CN[C@@H](C(N)=O)c1ccccc1. The van der Waals surface area contributed by atoms with Crippen LogP contribution in [0.1, 0.15) is 24.1 Å². The van der Waals surface area contributed by atoms with Crippen LogP contribution in [-0.2, 0) is 11.3 Å². The van der Waals surface area contributed by atoms with Crippen LogP contribution in [0.5, 0.6) is 5.75 Å². The summed E-state index contributed by atoms with van der Waals surface area (Å²) in [5, 5.41) is 3.79. The molecule has 0 spiro atoms. The highest BCUT2D eigenvalue weighted by Crippen LogP contribution is 2.24. The van der Waals surface area contributed by atoms with Crippen molar-refractivity contribution < 1.29 is 9.53 Å². The fourth-order valence-electron chi connectivity index (χ4n) is 2.20. The molecule has 3 N–H and O–H groups in total. The Bertz CT molecular complexity index is 632. The van der Waals surface area contributed by atoms with Crippen LogP contribution in [0, 0.1) is 0 Å². The molecular weight excluding hydrogens is 300 g/mol. The molecule has 0 saturated carbocycles. The first kappa shape index (κ1) is 16.3. The highest BCUT2D eigenvalue weighted by atomic mass is 35.5. The van der Waals surface area contributed by atoms with E-state index < -0.39 is 11.9 Å². The zero-order valence-corrected chi connectivity index (χ0v) is 13.1. The summed E-state index contributed by atoms with van der Waals surface area (Å²) in [6.45, 7) is 2.91. The lowest BCUT2D eigenvalue weighted by Gasteiger charge is -2.17. The quantitative estimate of drug-likeness (QED) is 0.824. The topological polar surface area (TPSA) is 64.3 Å². The molecule has 0 aliphatic heterocycles. The average molecular weight is 319 g/mol. The second kappa shape index (κ2) is 7.82. The lowest BCUT2D eigenvalue weighted by molar-refractivity contribution is -0.120. The average Bonchev–Trinajstić information content (AvgIpc) is 2.50. The zero-order valence-electron chi connectivity index (χ0n) is 12.4. The number of benzene rings is 2. The highest BCUT2D eigenvalue weighted by Gasteiger charge is 2.17. The van der Waals surface area contributed by atoms with Gasteiger partial charge in [-0.25, -0.2) is 0 Å². The second-order valence-electron chi connectivity index (χ2n) is 4.81. The van der Waals surface area contributed by atoms with Crippen molar-refractivity contribution in [1.82, 2.24) is 5.32 Å². The lowest BCUT2D eigenvalue weighted by atomic mass is 10.1. The predicted octanol–water partition coefficient (Wildman–Crippen LogP) is 3.05. The van der Waals surface area contributed by atoms with Crippen LogP contribution in [-0.4, -0.2) is 12.5 Å². The summed E-state index contributed by atoms with van der Waals surface area (Å²) < 4.78 is 5.58. The van der Waals surface area contributed by atoms with E-state index in [1.54, 1.807) is 12.1 Å². The van der Waals surface area contributed by atoms with E-state index in [0.29, 0.717) is 23.9 Å². The Labute approximate surface area is 135 Å². The molecule has 0 unspecified atom stereocenters. The van der Waals surface area contributed by atoms with Crippen LogP contribution in [0.2, 0.25) is 5.02 Å². The van der Waals surface area contributed by atoms with Gasteiger partial charge in [0, 0.05) is 17.1 Å². The summed E-state index contributed by atoms with van der Waals surface area (Å²) >= 11 is 5.99. The molecule has 2 aromatic carbocycles. The van der Waals surface area contributed by atoms with Crippen LogP contribution in [0.3, 0.4) is 0 Å². The summed E-state index contributed by atoms with van der Waals surface area (Å²) in [7, 11) is 0. The van der Waals surface area contributed by atoms with Gasteiger partial charge in [0.1, 0.15) is 11.8 Å². The van der Waals surface area contributed by atoms with Gasteiger partial charge in [-0.15, -0.1) is 0 Å². The molecule has 0 aliphatic rings. The van der Waals surface area contributed by atoms with Gasteiger partial charge < -0.3 is 10.5 Å². The van der Waals surface area contributed by atoms with Gasteiger partial charge in [-0.3, -0.25) is 10.1 Å². The minimum Gasteiger partial charge on any atom is -0.493 e. The lowest BCUT2D eigenvalue weighted by Crippen LogP contribution is -2.33. The van der Waals surface area contributed by atoms with Gasteiger partial charge in [0.2, 0.25) is 5.91 Å². The number of carbonyl (C=O) groups excluding carboxylic acids is 1. The third-order valence-corrected chi connectivity index (χ3v) is 3.48. The minimum atomic E-state index is -0.550. The Balaban J connectivity index is 2.15. The van der Waals surface area contributed by atoms with Crippen LogP contribution < -0.4 is 15.8 Å². The van der Waals surface area contributed by atoms with Gasteiger partial charge in [0.05, 0.1) is 6.61 Å². The van der Waals surface area contributed by atoms with Gasteiger partial charge in [0.25, 0.3) is 0 Å². The largest absolute Gasteiger partial charge is 0.493 e.